The standard InChI is InChI=1S/C6H13N3O3.2ClH/c1-3(6(11)12)9-5(10)4(8)2-7;;/h3-4H,2,7-8H2,1H3,(H,9,10)(H,11,12);2*1H/t3-,4-;;/m0../s1. The Morgan fingerprint density at radius 3 is 2.14 bits per heavy atom. The van der Waals surface area contributed by atoms with Gasteiger partial charge in [-0.25, -0.2) is 0 Å². The summed E-state index contributed by atoms with van der Waals surface area (Å²) in [5.74, 6) is -1.65. The van der Waals surface area contributed by atoms with E-state index in [9.17, 15) is 9.59 Å². The van der Waals surface area contributed by atoms with Gasteiger partial charge in [0.25, 0.3) is 0 Å². The molecule has 0 fully saturated rings. The maximum Gasteiger partial charge on any atom is 0.325 e. The van der Waals surface area contributed by atoms with Crippen molar-refractivity contribution < 1.29 is 14.7 Å². The van der Waals surface area contributed by atoms with Crippen molar-refractivity contribution in [2.24, 2.45) is 11.5 Å². The monoisotopic (exact) mass is 247 g/mol. The van der Waals surface area contributed by atoms with Crippen LogP contribution in [-0.4, -0.2) is 35.6 Å². The maximum atomic E-state index is 10.9. The molecule has 2 atom stereocenters. The Bertz CT molecular complexity index is 191. The summed E-state index contributed by atoms with van der Waals surface area (Å²) < 4.78 is 0. The van der Waals surface area contributed by atoms with Gasteiger partial charge in [-0.15, -0.1) is 24.8 Å². The number of aliphatic carboxylic acids is 1. The summed E-state index contributed by atoms with van der Waals surface area (Å²) in [6.45, 7) is 1.35. The third kappa shape index (κ3) is 6.90. The molecule has 0 aliphatic rings. The van der Waals surface area contributed by atoms with Gasteiger partial charge >= 0.3 is 5.97 Å². The highest BCUT2D eigenvalue weighted by atomic mass is 35.5. The molecule has 14 heavy (non-hydrogen) atoms. The van der Waals surface area contributed by atoms with E-state index < -0.39 is 24.0 Å². The molecule has 86 valence electrons. The Labute approximate surface area is 94.2 Å². The first-order chi connectivity index (χ1) is 5.49. The minimum Gasteiger partial charge on any atom is -0.480 e. The molecule has 0 unspecified atom stereocenters. The number of carboxylic acids is 1. The highest BCUT2D eigenvalue weighted by molar-refractivity contribution is 5.86. The van der Waals surface area contributed by atoms with Crippen LogP contribution in [0.4, 0.5) is 0 Å². The fraction of sp³-hybridized carbons (Fsp3) is 0.667. The van der Waals surface area contributed by atoms with Gasteiger partial charge < -0.3 is 21.9 Å². The number of hydrogen-bond donors (Lipinski definition) is 4. The molecule has 0 aromatic rings. The highest BCUT2D eigenvalue weighted by Gasteiger charge is 2.17. The van der Waals surface area contributed by atoms with Crippen LogP contribution < -0.4 is 16.8 Å². The molecule has 6 nitrogen and oxygen atoms in total. The van der Waals surface area contributed by atoms with Crippen molar-refractivity contribution in [3.8, 4) is 0 Å². The highest BCUT2D eigenvalue weighted by Crippen LogP contribution is 1.83. The summed E-state index contributed by atoms with van der Waals surface area (Å²) in [5.41, 5.74) is 10.3. The zero-order chi connectivity index (χ0) is 9.72. The SMILES string of the molecule is C[C@H](NC(=O)[C@@H](N)CN)C(=O)O.Cl.Cl. The minimum absolute atomic E-state index is 0. The normalized spacial score (nSPS) is 12.8. The van der Waals surface area contributed by atoms with Gasteiger partial charge in [-0.1, -0.05) is 0 Å². The second-order valence-electron chi connectivity index (χ2n) is 2.41. The molecule has 0 aromatic carbocycles. The van der Waals surface area contributed by atoms with Crippen LogP contribution in [0.5, 0.6) is 0 Å². The molecule has 0 aliphatic heterocycles. The van der Waals surface area contributed by atoms with Crippen LogP contribution in [0.1, 0.15) is 6.92 Å². The van der Waals surface area contributed by atoms with E-state index in [2.05, 4.69) is 5.32 Å². The number of carbonyl (C=O) groups is 2. The average Bonchev–Trinajstić information content (AvgIpc) is 2.02. The zero-order valence-electron chi connectivity index (χ0n) is 7.60. The van der Waals surface area contributed by atoms with Gasteiger partial charge in [0.2, 0.25) is 5.91 Å². The Hall–Kier alpha value is -0.560. The first-order valence-corrected chi connectivity index (χ1v) is 3.48. The van der Waals surface area contributed by atoms with E-state index in [1.807, 2.05) is 0 Å². The smallest absolute Gasteiger partial charge is 0.325 e. The Morgan fingerprint density at radius 2 is 1.86 bits per heavy atom. The van der Waals surface area contributed by atoms with Crippen LogP contribution in [0, 0.1) is 0 Å². The molecule has 0 heterocycles. The topological polar surface area (TPSA) is 118 Å². The summed E-state index contributed by atoms with van der Waals surface area (Å²) in [7, 11) is 0. The number of halogens is 2. The summed E-state index contributed by atoms with van der Waals surface area (Å²) in [6, 6.07) is -1.78. The van der Waals surface area contributed by atoms with E-state index in [0.717, 1.165) is 0 Å². The molecule has 0 aromatic heterocycles. The second kappa shape index (κ2) is 9.01. The molecule has 0 bridgehead atoms. The average molecular weight is 248 g/mol. The molecule has 8 heteroatoms. The van der Waals surface area contributed by atoms with Gasteiger partial charge in [0.1, 0.15) is 6.04 Å². The number of nitrogens with one attached hydrogen (secondary N) is 1. The lowest BCUT2D eigenvalue weighted by molar-refractivity contribution is -0.141. The van der Waals surface area contributed by atoms with Gasteiger partial charge in [-0.3, -0.25) is 9.59 Å². The largest absolute Gasteiger partial charge is 0.480 e. The van der Waals surface area contributed by atoms with Crippen LogP contribution in [0.2, 0.25) is 0 Å². The van der Waals surface area contributed by atoms with E-state index in [1.165, 1.54) is 6.92 Å². The second-order valence-corrected chi connectivity index (χ2v) is 2.41. The Morgan fingerprint density at radius 1 is 1.43 bits per heavy atom. The van der Waals surface area contributed by atoms with E-state index in [4.69, 9.17) is 16.6 Å². The van der Waals surface area contributed by atoms with Crippen molar-refractivity contribution in [1.29, 1.82) is 0 Å². The number of rotatable bonds is 4. The minimum atomic E-state index is -1.10. The van der Waals surface area contributed by atoms with Crippen LogP contribution in [0.3, 0.4) is 0 Å². The number of nitrogens with two attached hydrogens (primary N) is 2. The molecule has 0 saturated carbocycles. The van der Waals surface area contributed by atoms with Crippen LogP contribution in [-0.2, 0) is 9.59 Å². The molecule has 0 saturated heterocycles. The summed E-state index contributed by atoms with van der Waals surface area (Å²) in [6.07, 6.45) is 0. The van der Waals surface area contributed by atoms with Crippen molar-refractivity contribution >= 4 is 36.7 Å². The molecule has 0 rings (SSSR count). The Kier molecular flexibility index (Phi) is 12.3. The van der Waals surface area contributed by atoms with E-state index in [1.54, 1.807) is 0 Å². The first-order valence-electron chi connectivity index (χ1n) is 3.48. The van der Waals surface area contributed by atoms with Crippen molar-refractivity contribution in [3.05, 3.63) is 0 Å². The fourth-order valence-corrected chi connectivity index (χ4v) is 0.489. The summed E-state index contributed by atoms with van der Waals surface area (Å²) in [5, 5.41) is 10.6. The number of carboxylic acid groups (broad SMARTS) is 1. The van der Waals surface area contributed by atoms with E-state index in [0.29, 0.717) is 0 Å². The number of hydrogen-bond acceptors (Lipinski definition) is 4. The molecular weight excluding hydrogens is 233 g/mol. The van der Waals surface area contributed by atoms with Gasteiger partial charge in [0.05, 0.1) is 6.04 Å². The number of carbonyl (C=O) groups excluding carboxylic acids is 1. The van der Waals surface area contributed by atoms with E-state index in [-0.39, 0.29) is 31.4 Å². The molecule has 0 spiro atoms. The van der Waals surface area contributed by atoms with Gasteiger partial charge in [-0.05, 0) is 6.92 Å². The Balaban J connectivity index is -0.000000605. The van der Waals surface area contributed by atoms with Crippen LogP contribution in [0.25, 0.3) is 0 Å². The molecule has 0 aliphatic carbocycles. The maximum absolute atomic E-state index is 10.9. The predicted octanol–water partition coefficient (Wildman–Crippen LogP) is -1.29. The predicted molar refractivity (Wildman–Crippen MR) is 56.8 cm³/mol. The third-order valence-electron chi connectivity index (χ3n) is 1.32. The van der Waals surface area contributed by atoms with Crippen molar-refractivity contribution in [3.63, 3.8) is 0 Å². The lowest BCUT2D eigenvalue weighted by Gasteiger charge is -2.12. The van der Waals surface area contributed by atoms with Gasteiger partial charge in [0.15, 0.2) is 0 Å². The third-order valence-corrected chi connectivity index (χ3v) is 1.32. The van der Waals surface area contributed by atoms with Crippen molar-refractivity contribution in [2.45, 2.75) is 19.0 Å². The van der Waals surface area contributed by atoms with Crippen LogP contribution in [0.15, 0.2) is 0 Å². The number of amides is 1. The quantitative estimate of drug-likeness (QED) is 0.493. The van der Waals surface area contributed by atoms with Gasteiger partial charge in [-0.2, -0.15) is 0 Å². The molecular formula is C6H15Cl2N3O3. The van der Waals surface area contributed by atoms with Crippen molar-refractivity contribution in [1.82, 2.24) is 5.32 Å². The van der Waals surface area contributed by atoms with Gasteiger partial charge in [0, 0.05) is 6.54 Å². The summed E-state index contributed by atoms with van der Waals surface area (Å²) in [4.78, 5) is 21.2. The van der Waals surface area contributed by atoms with E-state index >= 15 is 0 Å². The van der Waals surface area contributed by atoms with Crippen molar-refractivity contribution in [2.75, 3.05) is 6.54 Å². The molecule has 6 N–H and O–H groups in total. The zero-order valence-corrected chi connectivity index (χ0v) is 9.23. The first kappa shape index (κ1) is 19.1. The molecule has 1 amide bonds. The summed E-state index contributed by atoms with van der Waals surface area (Å²) >= 11 is 0. The molecule has 0 radical (unpaired) electrons. The van der Waals surface area contributed by atoms with Crippen LogP contribution >= 0.6 is 24.8 Å². The lowest BCUT2D eigenvalue weighted by Crippen LogP contribution is -2.50. The fourth-order valence-electron chi connectivity index (χ4n) is 0.489. The lowest BCUT2D eigenvalue weighted by atomic mass is 10.2.